The van der Waals surface area contributed by atoms with Crippen LogP contribution in [0.1, 0.15) is 21.5 Å². The van der Waals surface area contributed by atoms with Gasteiger partial charge in [-0.2, -0.15) is 5.10 Å². The molecule has 0 bridgehead atoms. The Hall–Kier alpha value is -2.27. The van der Waals surface area contributed by atoms with Crippen LogP contribution in [-0.2, 0) is 5.75 Å². The summed E-state index contributed by atoms with van der Waals surface area (Å²) in [5, 5.41) is 4.89. The van der Waals surface area contributed by atoms with Crippen LogP contribution in [0.25, 0.3) is 0 Å². The van der Waals surface area contributed by atoms with E-state index in [1.54, 1.807) is 42.1 Å². The van der Waals surface area contributed by atoms with Crippen molar-refractivity contribution < 1.29 is 4.79 Å². The SMILES string of the molecule is O=C(N/N=C\c1c(Cl)cccc1Cl)c1ccc(CSc2ccccc2)cc1. The second-order valence-electron chi connectivity index (χ2n) is 5.63. The first-order valence-electron chi connectivity index (χ1n) is 8.17. The van der Waals surface area contributed by atoms with E-state index < -0.39 is 0 Å². The Morgan fingerprint density at radius 1 is 0.926 bits per heavy atom. The molecule has 0 aliphatic rings. The molecule has 3 nitrogen and oxygen atoms in total. The monoisotopic (exact) mass is 414 g/mol. The lowest BCUT2D eigenvalue weighted by Crippen LogP contribution is -2.17. The molecule has 0 saturated carbocycles. The number of benzene rings is 3. The van der Waals surface area contributed by atoms with Gasteiger partial charge >= 0.3 is 0 Å². The number of nitrogens with one attached hydrogen (secondary N) is 1. The molecular formula is C21H16Cl2N2OS. The molecule has 1 amide bonds. The number of hydrogen-bond acceptors (Lipinski definition) is 3. The number of nitrogens with zero attached hydrogens (tertiary/aromatic N) is 1. The van der Waals surface area contributed by atoms with Crippen LogP contribution in [0.2, 0.25) is 10.0 Å². The first-order chi connectivity index (χ1) is 13.1. The van der Waals surface area contributed by atoms with Gasteiger partial charge in [0.05, 0.1) is 16.3 Å². The third-order valence-electron chi connectivity index (χ3n) is 3.72. The van der Waals surface area contributed by atoms with E-state index in [0.717, 1.165) is 11.3 Å². The smallest absolute Gasteiger partial charge is 0.267 e. The van der Waals surface area contributed by atoms with E-state index in [0.29, 0.717) is 21.2 Å². The predicted octanol–water partition coefficient (Wildman–Crippen LogP) is 6.05. The van der Waals surface area contributed by atoms with E-state index in [4.69, 9.17) is 23.2 Å². The molecule has 0 radical (unpaired) electrons. The van der Waals surface area contributed by atoms with Crippen molar-refractivity contribution in [2.75, 3.05) is 0 Å². The molecule has 0 aliphatic carbocycles. The zero-order valence-corrected chi connectivity index (χ0v) is 16.6. The molecule has 0 atom stereocenters. The van der Waals surface area contributed by atoms with Crippen LogP contribution in [0.3, 0.4) is 0 Å². The Morgan fingerprint density at radius 2 is 1.59 bits per heavy atom. The first kappa shape index (κ1) is 19.5. The summed E-state index contributed by atoms with van der Waals surface area (Å²) in [7, 11) is 0. The second kappa shape index (κ2) is 9.60. The van der Waals surface area contributed by atoms with Gasteiger partial charge in [0, 0.05) is 21.8 Å². The number of rotatable bonds is 6. The van der Waals surface area contributed by atoms with Crippen molar-refractivity contribution in [2.45, 2.75) is 10.6 Å². The number of halogens is 2. The molecule has 6 heteroatoms. The van der Waals surface area contributed by atoms with Gasteiger partial charge in [-0.15, -0.1) is 11.8 Å². The largest absolute Gasteiger partial charge is 0.271 e. The summed E-state index contributed by atoms with van der Waals surface area (Å²) in [5.74, 6) is 0.548. The summed E-state index contributed by atoms with van der Waals surface area (Å²) in [6.45, 7) is 0. The maximum atomic E-state index is 12.2. The average molecular weight is 415 g/mol. The molecule has 0 spiro atoms. The summed E-state index contributed by atoms with van der Waals surface area (Å²) in [6, 6.07) is 22.8. The average Bonchev–Trinajstić information content (AvgIpc) is 2.70. The highest BCUT2D eigenvalue weighted by Crippen LogP contribution is 2.23. The van der Waals surface area contributed by atoms with Gasteiger partial charge in [-0.05, 0) is 42.0 Å². The van der Waals surface area contributed by atoms with E-state index >= 15 is 0 Å². The lowest BCUT2D eigenvalue weighted by Gasteiger charge is -2.04. The molecule has 27 heavy (non-hydrogen) atoms. The fraction of sp³-hybridized carbons (Fsp3) is 0.0476. The van der Waals surface area contributed by atoms with Gasteiger partial charge in [0.25, 0.3) is 5.91 Å². The molecule has 0 aromatic heterocycles. The molecule has 0 heterocycles. The van der Waals surface area contributed by atoms with Crippen LogP contribution >= 0.6 is 35.0 Å². The van der Waals surface area contributed by atoms with E-state index in [1.807, 2.05) is 30.3 Å². The summed E-state index contributed by atoms with van der Waals surface area (Å²) < 4.78 is 0. The van der Waals surface area contributed by atoms with E-state index in [9.17, 15) is 4.79 Å². The van der Waals surface area contributed by atoms with Crippen molar-refractivity contribution in [3.63, 3.8) is 0 Å². The maximum Gasteiger partial charge on any atom is 0.271 e. The first-order valence-corrected chi connectivity index (χ1v) is 9.92. The molecule has 0 aliphatic heterocycles. The van der Waals surface area contributed by atoms with Crippen LogP contribution in [0.15, 0.2) is 82.8 Å². The third-order valence-corrected chi connectivity index (χ3v) is 5.47. The molecule has 3 aromatic carbocycles. The number of carbonyl (C=O) groups is 1. The quantitative estimate of drug-likeness (QED) is 0.303. The number of hydrazone groups is 1. The van der Waals surface area contributed by atoms with Crippen molar-refractivity contribution >= 4 is 47.1 Å². The summed E-state index contributed by atoms with van der Waals surface area (Å²) in [4.78, 5) is 13.4. The zero-order valence-electron chi connectivity index (χ0n) is 14.2. The second-order valence-corrected chi connectivity index (χ2v) is 7.50. The maximum absolute atomic E-state index is 12.2. The number of thioether (sulfide) groups is 1. The van der Waals surface area contributed by atoms with Gasteiger partial charge < -0.3 is 0 Å². The highest BCUT2D eigenvalue weighted by molar-refractivity contribution is 7.98. The summed E-state index contributed by atoms with van der Waals surface area (Å²) in [5.41, 5.74) is 4.73. The van der Waals surface area contributed by atoms with Gasteiger partial charge in [-0.25, -0.2) is 5.43 Å². The van der Waals surface area contributed by atoms with Crippen molar-refractivity contribution in [3.8, 4) is 0 Å². The van der Waals surface area contributed by atoms with Crippen LogP contribution in [-0.4, -0.2) is 12.1 Å². The van der Waals surface area contributed by atoms with Crippen LogP contribution < -0.4 is 5.43 Å². The lowest BCUT2D eigenvalue weighted by atomic mass is 10.1. The van der Waals surface area contributed by atoms with Crippen LogP contribution in [0.5, 0.6) is 0 Å². The highest BCUT2D eigenvalue weighted by atomic mass is 35.5. The molecular weight excluding hydrogens is 399 g/mol. The van der Waals surface area contributed by atoms with E-state index in [2.05, 4.69) is 22.7 Å². The highest BCUT2D eigenvalue weighted by Gasteiger charge is 2.06. The van der Waals surface area contributed by atoms with Gasteiger partial charge in [0.15, 0.2) is 0 Å². The fourth-order valence-corrected chi connectivity index (χ4v) is 3.66. The number of hydrogen-bond donors (Lipinski definition) is 1. The summed E-state index contributed by atoms with van der Waals surface area (Å²) >= 11 is 13.9. The Balaban J connectivity index is 1.56. The Bertz CT molecular complexity index is 924. The Labute approximate surface area is 172 Å². The standard InChI is InChI=1S/C21H16Cl2N2OS/c22-19-7-4-8-20(23)18(19)13-24-25-21(26)16-11-9-15(10-12-16)14-27-17-5-2-1-3-6-17/h1-13H,14H2,(H,25,26)/b24-13-. The minimum atomic E-state index is -0.295. The van der Waals surface area contributed by atoms with Gasteiger partial charge in [-0.1, -0.05) is 59.6 Å². The summed E-state index contributed by atoms with van der Waals surface area (Å²) in [6.07, 6.45) is 1.44. The number of carbonyl (C=O) groups excluding carboxylic acids is 1. The third kappa shape index (κ3) is 5.60. The zero-order chi connectivity index (χ0) is 19.1. The van der Waals surface area contributed by atoms with E-state index in [1.165, 1.54) is 11.1 Å². The molecule has 3 aromatic rings. The molecule has 136 valence electrons. The van der Waals surface area contributed by atoms with Crippen molar-refractivity contribution in [1.82, 2.24) is 5.43 Å². The van der Waals surface area contributed by atoms with Gasteiger partial charge in [-0.3, -0.25) is 4.79 Å². The van der Waals surface area contributed by atoms with Crippen molar-refractivity contribution in [3.05, 3.63) is 99.5 Å². The molecule has 3 rings (SSSR count). The normalized spacial score (nSPS) is 10.9. The van der Waals surface area contributed by atoms with Crippen molar-refractivity contribution in [1.29, 1.82) is 0 Å². The van der Waals surface area contributed by atoms with Gasteiger partial charge in [0.1, 0.15) is 0 Å². The van der Waals surface area contributed by atoms with E-state index in [-0.39, 0.29) is 5.91 Å². The number of amides is 1. The molecule has 1 N–H and O–H groups in total. The lowest BCUT2D eigenvalue weighted by molar-refractivity contribution is 0.0955. The van der Waals surface area contributed by atoms with Crippen LogP contribution in [0, 0.1) is 0 Å². The predicted molar refractivity (Wildman–Crippen MR) is 114 cm³/mol. The minimum Gasteiger partial charge on any atom is -0.267 e. The Kier molecular flexibility index (Phi) is 6.93. The molecule has 0 saturated heterocycles. The minimum absolute atomic E-state index is 0.295. The van der Waals surface area contributed by atoms with Crippen LogP contribution in [0.4, 0.5) is 0 Å². The Morgan fingerprint density at radius 3 is 2.26 bits per heavy atom. The fourth-order valence-electron chi connectivity index (χ4n) is 2.29. The molecule has 0 fully saturated rings. The van der Waals surface area contributed by atoms with Gasteiger partial charge in [0.2, 0.25) is 0 Å². The topological polar surface area (TPSA) is 41.5 Å². The molecule has 0 unspecified atom stereocenters. The van der Waals surface area contributed by atoms with Crippen molar-refractivity contribution in [2.24, 2.45) is 5.10 Å².